The SMILES string of the molecule is CCCc1c(Cc2ccc(-c3ccccc3C#N)cc2)c(=O)n(C2CC[C@@]3(O)CCC[C@@H]2C3)c2ncnn12. The summed E-state index contributed by atoms with van der Waals surface area (Å²) in [7, 11) is 0. The van der Waals surface area contributed by atoms with Gasteiger partial charge in [0.2, 0.25) is 5.78 Å². The van der Waals surface area contributed by atoms with Crippen LogP contribution in [0.15, 0.2) is 59.7 Å². The fraction of sp³-hybridized carbons (Fsp3) is 0.419. The Bertz CT molecular complexity index is 1580. The van der Waals surface area contributed by atoms with Gasteiger partial charge in [-0.3, -0.25) is 9.36 Å². The van der Waals surface area contributed by atoms with Crippen LogP contribution in [0.4, 0.5) is 0 Å². The lowest BCUT2D eigenvalue weighted by Gasteiger charge is -2.46. The number of hydrogen-bond acceptors (Lipinski definition) is 5. The van der Waals surface area contributed by atoms with Crippen LogP contribution >= 0.6 is 0 Å². The topological polar surface area (TPSA) is 96.2 Å². The van der Waals surface area contributed by atoms with Crippen LogP contribution in [0, 0.1) is 17.2 Å². The predicted octanol–water partition coefficient (Wildman–Crippen LogP) is 5.23. The van der Waals surface area contributed by atoms with E-state index in [4.69, 9.17) is 0 Å². The van der Waals surface area contributed by atoms with Crippen LogP contribution in [-0.4, -0.2) is 29.9 Å². The van der Waals surface area contributed by atoms with Gasteiger partial charge in [-0.25, -0.2) is 4.52 Å². The second kappa shape index (κ2) is 9.85. The Morgan fingerprint density at radius 3 is 2.74 bits per heavy atom. The van der Waals surface area contributed by atoms with Gasteiger partial charge < -0.3 is 5.11 Å². The van der Waals surface area contributed by atoms with Crippen LogP contribution < -0.4 is 5.56 Å². The molecule has 2 aliphatic rings. The molecule has 194 valence electrons. The van der Waals surface area contributed by atoms with Gasteiger partial charge in [0.15, 0.2) is 0 Å². The van der Waals surface area contributed by atoms with Crippen molar-refractivity contribution in [1.29, 1.82) is 5.26 Å². The van der Waals surface area contributed by atoms with E-state index in [9.17, 15) is 15.2 Å². The van der Waals surface area contributed by atoms with E-state index >= 15 is 0 Å². The van der Waals surface area contributed by atoms with E-state index in [0.717, 1.165) is 79.3 Å². The molecule has 2 saturated carbocycles. The first-order chi connectivity index (χ1) is 18.5. The third kappa shape index (κ3) is 4.23. The van der Waals surface area contributed by atoms with E-state index in [1.54, 1.807) is 6.33 Å². The normalized spacial score (nSPS) is 22.9. The number of fused-ring (bicyclic) bond motifs is 3. The van der Waals surface area contributed by atoms with Gasteiger partial charge in [-0.2, -0.15) is 15.3 Å². The summed E-state index contributed by atoms with van der Waals surface area (Å²) < 4.78 is 3.77. The van der Waals surface area contributed by atoms with Crippen molar-refractivity contribution >= 4 is 5.78 Å². The van der Waals surface area contributed by atoms with Crippen molar-refractivity contribution in [3.63, 3.8) is 0 Å². The summed E-state index contributed by atoms with van der Waals surface area (Å²) in [5.41, 5.74) is 4.72. The van der Waals surface area contributed by atoms with E-state index in [0.29, 0.717) is 17.8 Å². The Balaban J connectivity index is 1.42. The molecule has 7 heteroatoms. The van der Waals surface area contributed by atoms with Gasteiger partial charge in [0, 0.05) is 18.0 Å². The smallest absolute Gasteiger partial charge is 0.259 e. The molecule has 0 amide bonds. The maximum atomic E-state index is 14.3. The summed E-state index contributed by atoms with van der Waals surface area (Å²) in [5, 5.41) is 25.0. The molecular weight excluding hydrogens is 474 g/mol. The molecule has 4 aromatic rings. The number of hydrogen-bond donors (Lipinski definition) is 1. The first-order valence-corrected chi connectivity index (χ1v) is 13.8. The van der Waals surface area contributed by atoms with E-state index in [2.05, 4.69) is 35.2 Å². The van der Waals surface area contributed by atoms with E-state index in [-0.39, 0.29) is 17.5 Å². The Labute approximate surface area is 222 Å². The van der Waals surface area contributed by atoms with E-state index in [1.807, 2.05) is 45.5 Å². The molecular formula is C31H33N5O2. The van der Waals surface area contributed by atoms with Gasteiger partial charge >= 0.3 is 0 Å². The van der Waals surface area contributed by atoms with Gasteiger partial charge in [-0.1, -0.05) is 62.2 Å². The van der Waals surface area contributed by atoms with Gasteiger partial charge in [0.05, 0.1) is 22.9 Å². The zero-order chi connectivity index (χ0) is 26.3. The third-order valence-electron chi connectivity index (χ3n) is 8.65. The fourth-order valence-electron chi connectivity index (χ4n) is 6.82. The molecule has 0 saturated heterocycles. The predicted molar refractivity (Wildman–Crippen MR) is 146 cm³/mol. The van der Waals surface area contributed by atoms with Gasteiger partial charge in [0.25, 0.3) is 5.56 Å². The number of benzene rings is 2. The molecule has 38 heavy (non-hydrogen) atoms. The van der Waals surface area contributed by atoms with Crippen LogP contribution in [-0.2, 0) is 12.8 Å². The van der Waals surface area contributed by atoms with Gasteiger partial charge in [0.1, 0.15) is 6.33 Å². The number of aryl methyl sites for hydroxylation is 1. The van der Waals surface area contributed by atoms with Crippen LogP contribution in [0.2, 0.25) is 0 Å². The Morgan fingerprint density at radius 2 is 1.95 bits per heavy atom. The first-order valence-electron chi connectivity index (χ1n) is 13.8. The highest BCUT2D eigenvalue weighted by Crippen LogP contribution is 2.47. The van der Waals surface area contributed by atoms with Gasteiger partial charge in [-0.15, -0.1) is 0 Å². The van der Waals surface area contributed by atoms with Crippen LogP contribution in [0.3, 0.4) is 0 Å². The molecule has 0 aliphatic heterocycles. The molecule has 1 N–H and O–H groups in total. The molecule has 2 aliphatic carbocycles. The number of aliphatic hydroxyl groups is 1. The molecule has 0 radical (unpaired) electrons. The first kappa shape index (κ1) is 24.6. The number of aromatic nitrogens is 4. The maximum absolute atomic E-state index is 14.3. The zero-order valence-electron chi connectivity index (χ0n) is 21.8. The van der Waals surface area contributed by atoms with E-state index < -0.39 is 5.60 Å². The molecule has 1 unspecified atom stereocenters. The minimum atomic E-state index is -0.579. The summed E-state index contributed by atoms with van der Waals surface area (Å²) in [5.74, 6) is 0.886. The monoisotopic (exact) mass is 507 g/mol. The second-order valence-corrected chi connectivity index (χ2v) is 11.0. The van der Waals surface area contributed by atoms with Crippen LogP contribution in [0.1, 0.15) is 80.3 Å². The molecule has 7 nitrogen and oxygen atoms in total. The average Bonchev–Trinajstić information content (AvgIpc) is 3.41. The van der Waals surface area contributed by atoms with Crippen molar-refractivity contribution < 1.29 is 5.11 Å². The average molecular weight is 508 g/mol. The van der Waals surface area contributed by atoms with E-state index in [1.165, 1.54) is 0 Å². The standard InChI is InChI=1S/C31H33N5O2/c1-2-6-28-26(17-21-10-12-22(13-11-21)25-9-4-3-7-24(25)19-32)29(37)35(30-33-20-34-36(28)30)27-14-16-31(38)15-5-8-23(27)18-31/h3-4,7,9-13,20,23,27,38H,2,5-6,8,14-18H2,1H3/t23-,27?,31+/m1/s1. The van der Waals surface area contributed by atoms with Crippen LogP contribution in [0.5, 0.6) is 0 Å². The highest BCUT2D eigenvalue weighted by Gasteiger charge is 2.44. The summed E-state index contributed by atoms with van der Waals surface area (Å²) in [6.07, 6.45) is 8.84. The Morgan fingerprint density at radius 1 is 1.13 bits per heavy atom. The second-order valence-electron chi connectivity index (χ2n) is 11.0. The zero-order valence-corrected chi connectivity index (χ0v) is 21.8. The molecule has 6 rings (SSSR count). The molecule has 3 atom stereocenters. The molecule has 2 aromatic carbocycles. The van der Waals surface area contributed by atoms with Crippen molar-refractivity contribution in [2.24, 2.45) is 5.92 Å². The number of rotatable bonds is 6. The summed E-state index contributed by atoms with van der Waals surface area (Å²) in [6, 6.07) is 18.1. The lowest BCUT2D eigenvalue weighted by Crippen LogP contribution is -2.46. The molecule has 2 fully saturated rings. The van der Waals surface area contributed by atoms with Crippen LogP contribution in [0.25, 0.3) is 16.9 Å². The maximum Gasteiger partial charge on any atom is 0.259 e. The highest BCUT2D eigenvalue weighted by molar-refractivity contribution is 5.70. The number of nitriles is 1. The fourth-order valence-corrected chi connectivity index (χ4v) is 6.82. The van der Waals surface area contributed by atoms with Crippen molar-refractivity contribution in [1.82, 2.24) is 19.2 Å². The summed E-state index contributed by atoms with van der Waals surface area (Å²) >= 11 is 0. The Kier molecular flexibility index (Phi) is 6.37. The Hall–Kier alpha value is -3.76. The third-order valence-corrected chi connectivity index (χ3v) is 8.65. The molecule has 2 bridgehead atoms. The largest absolute Gasteiger partial charge is 0.390 e. The molecule has 2 heterocycles. The van der Waals surface area contributed by atoms with Crippen molar-refractivity contribution in [3.8, 4) is 17.2 Å². The van der Waals surface area contributed by atoms with Gasteiger partial charge in [-0.05, 0) is 67.2 Å². The molecule has 0 spiro atoms. The highest BCUT2D eigenvalue weighted by atomic mass is 16.3. The number of nitrogens with zero attached hydrogens (tertiary/aromatic N) is 5. The minimum Gasteiger partial charge on any atom is -0.390 e. The summed E-state index contributed by atoms with van der Waals surface area (Å²) in [4.78, 5) is 18.8. The van der Waals surface area contributed by atoms with Crippen molar-refractivity contribution in [2.75, 3.05) is 0 Å². The lowest BCUT2D eigenvalue weighted by atomic mass is 9.67. The molecule has 2 aromatic heterocycles. The quantitative estimate of drug-likeness (QED) is 0.386. The lowest BCUT2D eigenvalue weighted by molar-refractivity contribution is -0.0640. The summed E-state index contributed by atoms with van der Waals surface area (Å²) in [6.45, 7) is 2.11. The van der Waals surface area contributed by atoms with Crippen molar-refractivity contribution in [2.45, 2.75) is 76.4 Å². The van der Waals surface area contributed by atoms with Crippen molar-refractivity contribution in [3.05, 3.63) is 87.6 Å². The minimum absolute atomic E-state index is 0.0221.